The monoisotopic (exact) mass is 196 g/mol. The lowest BCUT2D eigenvalue weighted by atomic mass is 10.7. The molecule has 4 N–H and O–H groups in total. The van der Waals surface area contributed by atoms with Gasteiger partial charge in [0.15, 0.2) is 0 Å². The average Bonchev–Trinajstić information content (AvgIpc) is 1.81. The summed E-state index contributed by atoms with van der Waals surface area (Å²) in [4.78, 5) is 20.0. The van der Waals surface area contributed by atoms with Crippen molar-refractivity contribution in [1.29, 1.82) is 0 Å². The fourth-order valence-corrected chi connectivity index (χ4v) is 1.23. The number of carbonyl (C=O) groups is 2. The summed E-state index contributed by atoms with van der Waals surface area (Å²) in [5.41, 5.74) is 4.58. The van der Waals surface area contributed by atoms with E-state index in [0.29, 0.717) is 0 Å². The number of sulfonamides is 1. The van der Waals surface area contributed by atoms with Gasteiger partial charge in [0.1, 0.15) is 12.3 Å². The van der Waals surface area contributed by atoms with E-state index < -0.39 is 34.2 Å². The molecule has 0 radical (unpaired) electrons. The number of carboxylic acid groups (broad SMARTS) is 1. The Morgan fingerprint density at radius 2 is 1.92 bits per heavy atom. The molecule has 70 valence electrons. The first-order chi connectivity index (χ1) is 5.33. The third-order valence-corrected chi connectivity index (χ3v) is 2.02. The number of carboxylic acids is 1. The Morgan fingerprint density at radius 1 is 1.42 bits per heavy atom. The summed E-state index contributed by atoms with van der Waals surface area (Å²) < 4.78 is 23.0. The molecule has 1 amide bonds. The number of nitrogens with two attached hydrogens (primary N) is 1. The number of primary amides is 1. The summed E-state index contributed by atoms with van der Waals surface area (Å²) in [6, 6.07) is 0. The fourth-order valence-electron chi connectivity index (χ4n) is 0.410. The highest BCUT2D eigenvalue weighted by molar-refractivity contribution is 7.90. The fraction of sp³-hybridized carbons (Fsp3) is 0.500. The molecule has 8 heteroatoms. The predicted molar refractivity (Wildman–Crippen MR) is 38.6 cm³/mol. The van der Waals surface area contributed by atoms with Gasteiger partial charge in [0.25, 0.3) is 0 Å². The zero-order valence-electron chi connectivity index (χ0n) is 5.98. The van der Waals surface area contributed by atoms with Crippen LogP contribution in [0, 0.1) is 0 Å². The lowest BCUT2D eigenvalue weighted by molar-refractivity contribution is -0.135. The number of carbonyl (C=O) groups excluding carboxylic acids is 1. The zero-order chi connectivity index (χ0) is 9.78. The standard InChI is InChI=1S/C4H8N2O5S/c5-3(7)2-12(10,11)6-1-4(8)9/h6H,1-2H2,(H2,5,7)(H,8,9). The molecule has 0 heterocycles. The van der Waals surface area contributed by atoms with Gasteiger partial charge in [0, 0.05) is 0 Å². The highest BCUT2D eigenvalue weighted by atomic mass is 32.2. The van der Waals surface area contributed by atoms with Gasteiger partial charge in [-0.1, -0.05) is 0 Å². The summed E-state index contributed by atoms with van der Waals surface area (Å²) in [6.07, 6.45) is 0. The first-order valence-corrected chi connectivity index (χ1v) is 4.46. The Bertz CT molecular complexity index is 282. The Balaban J connectivity index is 4.06. The minimum absolute atomic E-state index is 0.754. The number of rotatable bonds is 5. The van der Waals surface area contributed by atoms with Crippen molar-refractivity contribution in [1.82, 2.24) is 4.72 Å². The molecule has 0 aromatic carbocycles. The number of aliphatic carboxylic acids is 1. The molecule has 0 unspecified atom stereocenters. The summed E-state index contributed by atoms with van der Waals surface area (Å²) >= 11 is 0. The lowest BCUT2D eigenvalue weighted by Gasteiger charge is -2.00. The van der Waals surface area contributed by atoms with Crippen LogP contribution in [0.4, 0.5) is 0 Å². The first-order valence-electron chi connectivity index (χ1n) is 2.81. The molecule has 0 saturated carbocycles. The van der Waals surface area contributed by atoms with Crippen molar-refractivity contribution in [2.24, 2.45) is 5.73 Å². The van der Waals surface area contributed by atoms with Gasteiger partial charge in [-0.15, -0.1) is 0 Å². The van der Waals surface area contributed by atoms with Crippen LogP contribution in [0.15, 0.2) is 0 Å². The van der Waals surface area contributed by atoms with Crippen LogP contribution >= 0.6 is 0 Å². The molecule has 0 atom stereocenters. The van der Waals surface area contributed by atoms with Gasteiger partial charge >= 0.3 is 5.97 Å². The van der Waals surface area contributed by atoms with Crippen molar-refractivity contribution in [3.63, 3.8) is 0 Å². The van der Waals surface area contributed by atoms with E-state index in [9.17, 15) is 18.0 Å². The van der Waals surface area contributed by atoms with Crippen LogP contribution < -0.4 is 10.5 Å². The quantitative estimate of drug-likeness (QED) is 0.447. The molecule has 0 spiro atoms. The predicted octanol–water partition coefficient (Wildman–Crippen LogP) is -2.52. The number of amides is 1. The summed E-state index contributed by atoms with van der Waals surface area (Å²) in [5, 5.41) is 8.07. The van der Waals surface area contributed by atoms with E-state index in [1.54, 1.807) is 4.72 Å². The molecule has 0 aromatic heterocycles. The smallest absolute Gasteiger partial charge is 0.318 e. The molecule has 7 nitrogen and oxygen atoms in total. The second-order valence-corrected chi connectivity index (χ2v) is 3.75. The third-order valence-electron chi connectivity index (χ3n) is 0.776. The van der Waals surface area contributed by atoms with Crippen molar-refractivity contribution in [3.8, 4) is 0 Å². The molecule has 0 aliphatic heterocycles. The summed E-state index contributed by atoms with van der Waals surface area (Å²) in [7, 11) is -3.88. The van der Waals surface area contributed by atoms with Gasteiger partial charge in [-0.05, 0) is 0 Å². The van der Waals surface area contributed by atoms with E-state index in [2.05, 4.69) is 5.73 Å². The van der Waals surface area contributed by atoms with Crippen LogP contribution in [0.25, 0.3) is 0 Å². The van der Waals surface area contributed by atoms with E-state index in [4.69, 9.17) is 5.11 Å². The molecule has 12 heavy (non-hydrogen) atoms. The van der Waals surface area contributed by atoms with Crippen LogP contribution in [-0.2, 0) is 19.6 Å². The van der Waals surface area contributed by atoms with Gasteiger partial charge in [-0.2, -0.15) is 0 Å². The Hall–Kier alpha value is -1.15. The maximum Gasteiger partial charge on any atom is 0.318 e. The van der Waals surface area contributed by atoms with Crippen LogP contribution in [0.2, 0.25) is 0 Å². The van der Waals surface area contributed by atoms with Crippen LogP contribution in [0.5, 0.6) is 0 Å². The SMILES string of the molecule is NC(=O)CS(=O)(=O)NCC(=O)O. The van der Waals surface area contributed by atoms with Crippen LogP contribution in [0.3, 0.4) is 0 Å². The summed E-state index contributed by atoms with van der Waals surface area (Å²) in [6.45, 7) is -0.754. The van der Waals surface area contributed by atoms with E-state index in [1.807, 2.05) is 0 Å². The van der Waals surface area contributed by atoms with E-state index in [1.165, 1.54) is 0 Å². The number of hydrogen-bond donors (Lipinski definition) is 3. The van der Waals surface area contributed by atoms with Crippen molar-refractivity contribution < 1.29 is 23.1 Å². The molecule has 0 rings (SSSR count). The van der Waals surface area contributed by atoms with Gasteiger partial charge in [0.05, 0.1) is 0 Å². The summed E-state index contributed by atoms with van der Waals surface area (Å²) in [5.74, 6) is -3.27. The molecular formula is C4H8N2O5S. The average molecular weight is 196 g/mol. The maximum absolute atomic E-state index is 10.7. The van der Waals surface area contributed by atoms with Crippen LogP contribution in [-0.4, -0.2) is 37.7 Å². The van der Waals surface area contributed by atoms with Gasteiger partial charge in [-0.3, -0.25) is 9.59 Å². The van der Waals surface area contributed by atoms with Crippen molar-refractivity contribution >= 4 is 21.9 Å². The molecular weight excluding hydrogens is 188 g/mol. The van der Waals surface area contributed by atoms with Gasteiger partial charge < -0.3 is 10.8 Å². The zero-order valence-corrected chi connectivity index (χ0v) is 6.80. The Kier molecular flexibility index (Phi) is 3.64. The van der Waals surface area contributed by atoms with Crippen molar-refractivity contribution in [3.05, 3.63) is 0 Å². The lowest BCUT2D eigenvalue weighted by Crippen LogP contribution is -2.36. The van der Waals surface area contributed by atoms with E-state index in [0.717, 1.165) is 0 Å². The van der Waals surface area contributed by atoms with E-state index >= 15 is 0 Å². The maximum atomic E-state index is 10.7. The third kappa shape index (κ3) is 5.62. The molecule has 0 aromatic rings. The second-order valence-electron chi connectivity index (χ2n) is 1.94. The molecule has 0 saturated heterocycles. The first kappa shape index (κ1) is 10.8. The van der Waals surface area contributed by atoms with Gasteiger partial charge in [0.2, 0.25) is 15.9 Å². The van der Waals surface area contributed by atoms with E-state index in [-0.39, 0.29) is 0 Å². The van der Waals surface area contributed by atoms with Gasteiger partial charge in [-0.25, -0.2) is 13.1 Å². The van der Waals surface area contributed by atoms with Crippen molar-refractivity contribution in [2.75, 3.05) is 12.3 Å². The Morgan fingerprint density at radius 3 is 2.25 bits per heavy atom. The van der Waals surface area contributed by atoms with Crippen molar-refractivity contribution in [2.45, 2.75) is 0 Å². The minimum atomic E-state index is -3.88. The molecule has 0 aliphatic carbocycles. The minimum Gasteiger partial charge on any atom is -0.480 e. The second kappa shape index (κ2) is 4.02. The Labute approximate surface area is 68.6 Å². The number of hydrogen-bond acceptors (Lipinski definition) is 4. The highest BCUT2D eigenvalue weighted by Gasteiger charge is 2.14. The molecule has 0 aliphatic rings. The highest BCUT2D eigenvalue weighted by Crippen LogP contribution is 1.81. The number of nitrogens with one attached hydrogen (secondary N) is 1. The molecule has 0 fully saturated rings. The van der Waals surface area contributed by atoms with Crippen LogP contribution in [0.1, 0.15) is 0 Å². The topological polar surface area (TPSA) is 127 Å². The largest absolute Gasteiger partial charge is 0.480 e. The molecule has 0 bridgehead atoms. The normalized spacial score (nSPS) is 11.0.